The summed E-state index contributed by atoms with van der Waals surface area (Å²) in [7, 11) is -4.21. The first-order valence-corrected chi connectivity index (χ1v) is 15.8. The van der Waals surface area contributed by atoms with Gasteiger partial charge in [-0.2, -0.15) is 5.10 Å². The molecule has 3 heterocycles. The normalized spacial score (nSPS) is 14.5. The summed E-state index contributed by atoms with van der Waals surface area (Å²) in [5, 5.41) is 4.27. The molecule has 1 saturated heterocycles. The molecule has 2 aliphatic rings. The number of rotatable bonds is 9. The molecular formula is C31H28F2N6O6S. The second kappa shape index (κ2) is 12.3. The number of aromatic nitrogens is 3. The molecule has 0 spiro atoms. The first-order valence-electron chi connectivity index (χ1n) is 14.2. The molecular weight excluding hydrogens is 622 g/mol. The lowest BCUT2D eigenvalue weighted by atomic mass is 10.0. The van der Waals surface area contributed by atoms with E-state index < -0.39 is 39.1 Å². The summed E-state index contributed by atoms with van der Waals surface area (Å²) < 4.78 is 68.5. The third-order valence-corrected chi connectivity index (χ3v) is 8.72. The lowest BCUT2D eigenvalue weighted by Crippen LogP contribution is -2.44. The largest absolute Gasteiger partial charge is 0.436 e. The number of carbonyl (C=O) groups is 2. The quantitative estimate of drug-likeness (QED) is 0.258. The van der Waals surface area contributed by atoms with Gasteiger partial charge >= 0.3 is 0 Å². The zero-order valence-corrected chi connectivity index (χ0v) is 25.3. The van der Waals surface area contributed by atoms with Crippen LogP contribution >= 0.6 is 0 Å². The number of nitrogens with one attached hydrogen (secondary N) is 1. The molecule has 2 aromatic carbocycles. The van der Waals surface area contributed by atoms with E-state index in [4.69, 9.17) is 15.2 Å². The fourth-order valence-corrected chi connectivity index (χ4v) is 6.27. The third-order valence-electron chi connectivity index (χ3n) is 7.56. The maximum atomic E-state index is 15.0. The van der Waals surface area contributed by atoms with Gasteiger partial charge in [0.2, 0.25) is 21.8 Å². The van der Waals surface area contributed by atoms with Crippen LogP contribution in [0.25, 0.3) is 11.8 Å². The summed E-state index contributed by atoms with van der Waals surface area (Å²) in [5.74, 6) is -3.08. The van der Waals surface area contributed by atoms with Crippen molar-refractivity contribution >= 4 is 39.3 Å². The van der Waals surface area contributed by atoms with Crippen molar-refractivity contribution in [1.82, 2.24) is 19.7 Å². The summed E-state index contributed by atoms with van der Waals surface area (Å²) in [6.07, 6.45) is 4.35. The van der Waals surface area contributed by atoms with Crippen LogP contribution in [0.4, 0.5) is 20.3 Å². The van der Waals surface area contributed by atoms with Crippen LogP contribution < -0.4 is 15.2 Å². The molecule has 238 valence electrons. The van der Waals surface area contributed by atoms with Crippen molar-refractivity contribution in [2.24, 2.45) is 0 Å². The van der Waals surface area contributed by atoms with E-state index in [0.29, 0.717) is 41.2 Å². The lowest BCUT2D eigenvalue weighted by Gasteiger charge is -2.26. The zero-order chi connectivity index (χ0) is 32.6. The number of ether oxygens (including phenoxy) is 2. The number of hydrogen-bond donors (Lipinski definition) is 2. The number of hydrogen-bond acceptors (Lipinski definition) is 9. The summed E-state index contributed by atoms with van der Waals surface area (Å²) in [5.41, 5.74) is 8.44. The zero-order valence-electron chi connectivity index (χ0n) is 24.5. The van der Waals surface area contributed by atoms with Gasteiger partial charge < -0.3 is 20.1 Å². The van der Waals surface area contributed by atoms with E-state index in [-0.39, 0.29) is 48.2 Å². The molecule has 1 fully saturated rings. The van der Waals surface area contributed by atoms with Crippen molar-refractivity contribution in [2.45, 2.75) is 13.3 Å². The van der Waals surface area contributed by atoms with E-state index in [9.17, 15) is 26.8 Å². The summed E-state index contributed by atoms with van der Waals surface area (Å²) in [6, 6.07) is 9.95. The van der Waals surface area contributed by atoms with Gasteiger partial charge in [-0.25, -0.2) is 26.9 Å². The van der Waals surface area contributed by atoms with E-state index in [1.807, 2.05) is 0 Å². The number of morpholine rings is 1. The Morgan fingerprint density at radius 3 is 2.59 bits per heavy atom. The van der Waals surface area contributed by atoms with Crippen molar-refractivity contribution in [3.05, 3.63) is 94.3 Å². The Kier molecular flexibility index (Phi) is 8.27. The second-order valence-electron chi connectivity index (χ2n) is 10.8. The highest BCUT2D eigenvalue weighted by molar-refractivity contribution is 7.93. The van der Waals surface area contributed by atoms with Crippen molar-refractivity contribution in [2.75, 3.05) is 42.5 Å². The fraction of sp³-hybridized carbons (Fsp3) is 0.226. The minimum atomic E-state index is -4.21. The van der Waals surface area contributed by atoms with Crippen molar-refractivity contribution in [3.8, 4) is 17.3 Å². The van der Waals surface area contributed by atoms with Gasteiger partial charge in [-0.05, 0) is 54.0 Å². The van der Waals surface area contributed by atoms with E-state index in [1.165, 1.54) is 46.3 Å². The van der Waals surface area contributed by atoms with Crippen LogP contribution in [0, 0.1) is 18.6 Å². The number of carbonyl (C=O) groups excluding carboxylic acids is 2. The van der Waals surface area contributed by atoms with Gasteiger partial charge in [0.15, 0.2) is 17.3 Å². The minimum Gasteiger partial charge on any atom is -0.436 e. The highest BCUT2D eigenvalue weighted by atomic mass is 32.2. The Bertz CT molecular complexity index is 2010. The van der Waals surface area contributed by atoms with Gasteiger partial charge in [0.1, 0.15) is 17.4 Å². The molecule has 12 nitrogen and oxygen atoms in total. The molecule has 46 heavy (non-hydrogen) atoms. The molecule has 1 aliphatic carbocycles. The maximum absolute atomic E-state index is 15.0. The van der Waals surface area contributed by atoms with E-state index >= 15 is 0 Å². The number of allylic oxidation sites excluding steroid dienone is 1. The topological polar surface area (TPSA) is 159 Å². The molecule has 0 unspecified atom stereocenters. The maximum Gasteiger partial charge on any atom is 0.241 e. The number of fused-ring (bicyclic) bond motifs is 1. The van der Waals surface area contributed by atoms with Gasteiger partial charge in [0.25, 0.3) is 0 Å². The first kappa shape index (κ1) is 30.9. The Morgan fingerprint density at radius 1 is 1.09 bits per heavy atom. The number of nitrogens with two attached hydrogens (primary N) is 1. The summed E-state index contributed by atoms with van der Waals surface area (Å²) in [6.45, 7) is 2.95. The number of nitrogens with zero attached hydrogens (tertiary/aromatic N) is 4. The molecule has 4 aromatic rings. The highest BCUT2D eigenvalue weighted by Gasteiger charge is 2.28. The second-order valence-corrected chi connectivity index (χ2v) is 12.5. The molecule has 0 radical (unpaired) electrons. The van der Waals surface area contributed by atoms with E-state index in [1.54, 1.807) is 25.1 Å². The van der Waals surface area contributed by atoms with Crippen LogP contribution in [0.3, 0.4) is 0 Å². The number of ketones is 1. The number of anilines is 2. The average Bonchev–Trinajstić information content (AvgIpc) is 3.61. The fourth-order valence-electron chi connectivity index (χ4n) is 5.20. The van der Waals surface area contributed by atoms with Gasteiger partial charge in [-0.15, -0.1) is 0 Å². The molecule has 1 amide bonds. The molecule has 3 N–H and O–H groups in total. The number of benzene rings is 2. The number of sulfonamides is 1. The van der Waals surface area contributed by atoms with E-state index in [0.717, 1.165) is 6.07 Å². The predicted octanol–water partition coefficient (Wildman–Crippen LogP) is 3.65. The number of para-hydroxylation sites is 1. The molecule has 2 aromatic heterocycles. The summed E-state index contributed by atoms with van der Waals surface area (Å²) >= 11 is 0. The molecule has 1 aliphatic heterocycles. The molecule has 0 saturated carbocycles. The molecule has 6 rings (SSSR count). The molecule has 0 bridgehead atoms. The Hall–Kier alpha value is -5.15. The van der Waals surface area contributed by atoms with Crippen LogP contribution in [0.15, 0.2) is 60.4 Å². The predicted molar refractivity (Wildman–Crippen MR) is 164 cm³/mol. The SMILES string of the molecule is Cc1cc(Oc2ccccc2F)ncc1-n1ncc(C(=O)C2=Cc3cc(F)c(NS(=O)(=O)CC(=O)N4CCOCC4)cc3C2)c1N. The van der Waals surface area contributed by atoms with Gasteiger partial charge in [0, 0.05) is 31.1 Å². The Balaban J connectivity index is 1.15. The van der Waals surface area contributed by atoms with Gasteiger partial charge in [0.05, 0.1) is 42.5 Å². The van der Waals surface area contributed by atoms with Crippen molar-refractivity contribution in [3.63, 3.8) is 0 Å². The Morgan fingerprint density at radius 2 is 1.85 bits per heavy atom. The van der Waals surface area contributed by atoms with Gasteiger partial charge in [-0.3, -0.25) is 14.3 Å². The van der Waals surface area contributed by atoms with Crippen LogP contribution in [0.2, 0.25) is 0 Å². The standard InChI is InChI=1S/C31H28F2N6O6S/c1-18-10-28(45-27-5-3-2-4-23(27)32)35-16-26(18)39-31(34)22(15-36-39)30(41)21-11-19-13-24(33)25(14-20(19)12-21)37-46(42,43)17-29(40)38-6-8-44-9-7-38/h2-5,10-11,13-16,37H,6-9,12,17,34H2,1H3. The smallest absolute Gasteiger partial charge is 0.241 e. The first-order chi connectivity index (χ1) is 22.0. The number of pyridine rings is 1. The Labute approximate surface area is 262 Å². The third kappa shape index (κ3) is 6.32. The molecule has 0 atom stereocenters. The monoisotopic (exact) mass is 650 g/mol. The number of aryl methyl sites for hydroxylation is 1. The molecule has 15 heteroatoms. The minimum absolute atomic E-state index is 0.0164. The van der Waals surface area contributed by atoms with Crippen LogP contribution in [-0.4, -0.2) is 71.8 Å². The lowest BCUT2D eigenvalue weighted by molar-refractivity contribution is -0.132. The highest BCUT2D eigenvalue weighted by Crippen LogP contribution is 2.33. The number of amides is 1. The average molecular weight is 651 g/mol. The van der Waals surface area contributed by atoms with E-state index in [2.05, 4.69) is 14.8 Å². The van der Waals surface area contributed by atoms with Crippen molar-refractivity contribution < 1.29 is 36.3 Å². The van der Waals surface area contributed by atoms with Crippen LogP contribution in [0.1, 0.15) is 27.0 Å². The number of Topliss-reactive ketones (excluding diaryl/α,β-unsaturated/α-hetero) is 1. The van der Waals surface area contributed by atoms with Gasteiger partial charge in [-0.1, -0.05) is 12.1 Å². The van der Waals surface area contributed by atoms with Crippen LogP contribution in [0.5, 0.6) is 11.6 Å². The van der Waals surface area contributed by atoms with Crippen molar-refractivity contribution in [1.29, 1.82) is 0 Å². The number of halogens is 2. The number of nitrogen functional groups attached to an aromatic ring is 1. The summed E-state index contributed by atoms with van der Waals surface area (Å²) in [4.78, 5) is 31.5. The van der Waals surface area contributed by atoms with Crippen LogP contribution in [-0.2, 0) is 26.0 Å².